The van der Waals surface area contributed by atoms with Gasteiger partial charge in [-0.25, -0.2) is 14.4 Å². The van der Waals surface area contributed by atoms with E-state index in [1.165, 1.54) is 31.4 Å². The number of imide groups is 1. The fraction of sp³-hybridized carbons (Fsp3) is 0.273. The Balaban J connectivity index is 1.71. The molecule has 0 aliphatic carbocycles. The maximum absolute atomic E-state index is 12.7. The minimum atomic E-state index is -0.850. The average Bonchev–Trinajstić information content (AvgIpc) is 3.35. The van der Waals surface area contributed by atoms with Gasteiger partial charge in [0.25, 0.3) is 5.91 Å². The molecule has 0 saturated carbocycles. The summed E-state index contributed by atoms with van der Waals surface area (Å²) in [5.74, 6) is -1.30. The molecule has 1 saturated heterocycles. The molecule has 1 aromatic carbocycles. The Morgan fingerprint density at radius 3 is 2.67 bits per heavy atom. The van der Waals surface area contributed by atoms with Crippen LogP contribution in [0.4, 0.5) is 4.79 Å². The highest BCUT2D eigenvalue weighted by molar-refractivity contribution is 6.32. The predicted octanol–water partition coefficient (Wildman–Crippen LogP) is 3.14. The number of benzene rings is 1. The summed E-state index contributed by atoms with van der Waals surface area (Å²) in [5.41, 5.74) is 0.553. The lowest BCUT2D eigenvalue weighted by molar-refractivity contribution is -0.150. The van der Waals surface area contributed by atoms with Gasteiger partial charge >= 0.3 is 18.0 Å². The second-order valence-corrected chi connectivity index (χ2v) is 7.25. The van der Waals surface area contributed by atoms with Crippen molar-refractivity contribution in [3.8, 4) is 5.75 Å². The van der Waals surface area contributed by atoms with E-state index in [1.807, 2.05) is 0 Å². The van der Waals surface area contributed by atoms with E-state index in [0.29, 0.717) is 5.56 Å². The highest BCUT2D eigenvalue weighted by Gasteiger charge is 2.34. The molecule has 10 nitrogen and oxygen atoms in total. The monoisotopic (exact) mass is 476 g/mol. The highest BCUT2D eigenvalue weighted by Crippen LogP contribution is 2.28. The molecule has 0 spiro atoms. The van der Waals surface area contributed by atoms with Gasteiger partial charge in [-0.2, -0.15) is 0 Å². The molecular formula is C22H21ClN2O8. The minimum Gasteiger partial charge on any atom is -0.477 e. The molecule has 3 amide bonds. The molecule has 33 heavy (non-hydrogen) atoms. The molecule has 1 N–H and O–H groups in total. The molecule has 1 aliphatic rings. The Morgan fingerprint density at radius 2 is 2.00 bits per heavy atom. The zero-order valence-corrected chi connectivity index (χ0v) is 18.8. The van der Waals surface area contributed by atoms with Gasteiger partial charge in [-0.15, -0.1) is 0 Å². The maximum atomic E-state index is 12.7. The van der Waals surface area contributed by atoms with Gasteiger partial charge in [0.1, 0.15) is 17.2 Å². The highest BCUT2D eigenvalue weighted by atomic mass is 35.5. The molecule has 2 aromatic rings. The first-order chi connectivity index (χ1) is 15.7. The van der Waals surface area contributed by atoms with Gasteiger partial charge in [0.15, 0.2) is 6.10 Å². The van der Waals surface area contributed by atoms with E-state index in [9.17, 15) is 19.2 Å². The molecule has 0 bridgehead atoms. The van der Waals surface area contributed by atoms with Gasteiger partial charge in [-0.3, -0.25) is 9.69 Å². The Bertz CT molecular complexity index is 1120. The summed E-state index contributed by atoms with van der Waals surface area (Å²) in [6, 6.07) is 6.91. The number of hydrogen-bond acceptors (Lipinski definition) is 8. The number of carbonyl (C=O) groups is 4. The number of urea groups is 1. The number of halogens is 1. The van der Waals surface area contributed by atoms with Gasteiger partial charge in [0.05, 0.1) is 25.3 Å². The second-order valence-electron chi connectivity index (χ2n) is 6.84. The molecule has 0 radical (unpaired) electrons. The van der Waals surface area contributed by atoms with Crippen LogP contribution in [0.1, 0.15) is 35.7 Å². The van der Waals surface area contributed by atoms with Crippen LogP contribution < -0.4 is 10.1 Å². The van der Waals surface area contributed by atoms with Crippen LogP contribution in [-0.4, -0.2) is 48.6 Å². The summed E-state index contributed by atoms with van der Waals surface area (Å²) in [5, 5.41) is 2.70. The minimum absolute atomic E-state index is 0.0318. The van der Waals surface area contributed by atoms with Crippen LogP contribution in [-0.2, 0) is 25.6 Å². The summed E-state index contributed by atoms with van der Waals surface area (Å²) >= 11 is 6.24. The average molecular weight is 477 g/mol. The largest absolute Gasteiger partial charge is 0.477 e. The first-order valence-electron chi connectivity index (χ1n) is 9.87. The van der Waals surface area contributed by atoms with E-state index in [0.717, 1.165) is 4.90 Å². The topological polar surface area (TPSA) is 124 Å². The fourth-order valence-corrected chi connectivity index (χ4v) is 3.15. The summed E-state index contributed by atoms with van der Waals surface area (Å²) in [4.78, 5) is 49.1. The lowest BCUT2D eigenvalue weighted by Gasteiger charge is -2.14. The standard InChI is InChI=1S/C22H21ClN2O8/c1-4-31-20(27)12(2)32-17-7-5-13(9-15(17)23)10-16-19(26)25(22(29)24-16)11-14-6-8-18(33-14)21(28)30-3/h5-10,12H,4,11H2,1-3H3,(H,24,29). The molecular weight excluding hydrogens is 456 g/mol. The summed E-state index contributed by atoms with van der Waals surface area (Å²) < 4.78 is 20.3. The smallest absolute Gasteiger partial charge is 0.373 e. The van der Waals surface area contributed by atoms with Gasteiger partial charge in [0.2, 0.25) is 5.76 Å². The number of rotatable bonds is 8. The number of nitrogens with zero attached hydrogens (tertiary/aromatic N) is 1. The third-order valence-corrected chi connectivity index (χ3v) is 4.81. The van der Waals surface area contributed by atoms with Crippen LogP contribution in [0.3, 0.4) is 0 Å². The van der Waals surface area contributed by atoms with Crippen molar-refractivity contribution in [1.82, 2.24) is 10.2 Å². The Morgan fingerprint density at radius 1 is 1.24 bits per heavy atom. The lowest BCUT2D eigenvalue weighted by atomic mass is 10.2. The van der Waals surface area contributed by atoms with E-state index in [2.05, 4.69) is 10.1 Å². The van der Waals surface area contributed by atoms with Crippen molar-refractivity contribution in [1.29, 1.82) is 0 Å². The molecule has 3 rings (SSSR count). The third-order valence-electron chi connectivity index (χ3n) is 4.51. The van der Waals surface area contributed by atoms with Crippen molar-refractivity contribution in [3.05, 3.63) is 58.1 Å². The van der Waals surface area contributed by atoms with Crippen molar-refractivity contribution in [2.75, 3.05) is 13.7 Å². The molecule has 1 aromatic heterocycles. The van der Waals surface area contributed by atoms with Crippen LogP contribution in [0.2, 0.25) is 5.02 Å². The van der Waals surface area contributed by atoms with E-state index in [4.69, 9.17) is 25.5 Å². The normalized spacial score (nSPS) is 15.4. The SMILES string of the molecule is CCOC(=O)C(C)Oc1ccc(C=C2NC(=O)N(Cc3ccc(C(=O)OC)o3)C2=O)cc1Cl. The molecule has 1 fully saturated rings. The van der Waals surface area contributed by atoms with Gasteiger partial charge in [0, 0.05) is 0 Å². The number of methoxy groups -OCH3 is 1. The van der Waals surface area contributed by atoms with E-state index < -0.39 is 30.0 Å². The van der Waals surface area contributed by atoms with Crippen molar-refractivity contribution in [2.45, 2.75) is 26.5 Å². The van der Waals surface area contributed by atoms with Crippen molar-refractivity contribution >= 4 is 41.6 Å². The number of hydrogen-bond donors (Lipinski definition) is 1. The van der Waals surface area contributed by atoms with Gasteiger partial charge in [-0.1, -0.05) is 17.7 Å². The summed E-state index contributed by atoms with van der Waals surface area (Å²) in [6.45, 7) is 3.30. The maximum Gasteiger partial charge on any atom is 0.373 e. The van der Waals surface area contributed by atoms with Crippen LogP contribution >= 0.6 is 11.6 Å². The number of amides is 3. The molecule has 174 valence electrons. The molecule has 1 atom stereocenters. The van der Waals surface area contributed by atoms with Crippen LogP contribution in [0.5, 0.6) is 5.75 Å². The first kappa shape index (κ1) is 23.9. The van der Waals surface area contributed by atoms with Crippen molar-refractivity contribution in [3.63, 3.8) is 0 Å². The fourth-order valence-electron chi connectivity index (χ4n) is 2.91. The molecule has 1 aliphatic heterocycles. The molecule has 11 heteroatoms. The van der Waals surface area contributed by atoms with E-state index in [-0.39, 0.29) is 41.1 Å². The van der Waals surface area contributed by atoms with Gasteiger partial charge < -0.3 is 23.9 Å². The second kappa shape index (κ2) is 10.2. The van der Waals surface area contributed by atoms with E-state index >= 15 is 0 Å². The first-order valence-corrected chi connectivity index (χ1v) is 10.3. The number of ether oxygens (including phenoxy) is 3. The lowest BCUT2D eigenvalue weighted by Crippen LogP contribution is -2.30. The van der Waals surface area contributed by atoms with Gasteiger partial charge in [-0.05, 0) is 49.8 Å². The van der Waals surface area contributed by atoms with Crippen molar-refractivity contribution < 1.29 is 37.8 Å². The van der Waals surface area contributed by atoms with Crippen LogP contribution in [0.25, 0.3) is 6.08 Å². The molecule has 1 unspecified atom stereocenters. The third kappa shape index (κ3) is 5.53. The molecule has 2 heterocycles. The zero-order valence-electron chi connectivity index (χ0n) is 18.0. The van der Waals surface area contributed by atoms with Crippen LogP contribution in [0.15, 0.2) is 40.4 Å². The number of carbonyl (C=O) groups excluding carboxylic acids is 4. The Kier molecular flexibility index (Phi) is 7.39. The quantitative estimate of drug-likeness (QED) is 0.350. The number of nitrogens with one attached hydrogen (secondary N) is 1. The summed E-state index contributed by atoms with van der Waals surface area (Å²) in [6.07, 6.45) is 0.601. The summed E-state index contributed by atoms with van der Waals surface area (Å²) in [7, 11) is 1.21. The Hall–Kier alpha value is -3.79. The predicted molar refractivity (Wildman–Crippen MR) is 115 cm³/mol. The number of esters is 2. The Labute approximate surface area is 194 Å². The number of furan rings is 1. The zero-order chi connectivity index (χ0) is 24.1. The van der Waals surface area contributed by atoms with E-state index in [1.54, 1.807) is 26.0 Å². The van der Waals surface area contributed by atoms with Crippen LogP contribution in [0, 0.1) is 0 Å². The van der Waals surface area contributed by atoms with Crippen molar-refractivity contribution in [2.24, 2.45) is 0 Å².